The SMILES string of the molecule is CCOCC1CCCN(c2cc(-c3ccccc3)nc3ncnn23)C1. The van der Waals surface area contributed by atoms with Gasteiger partial charge >= 0.3 is 0 Å². The van der Waals surface area contributed by atoms with Gasteiger partial charge in [0.05, 0.1) is 12.3 Å². The highest BCUT2D eigenvalue weighted by atomic mass is 16.5. The van der Waals surface area contributed by atoms with Crippen molar-refractivity contribution in [3.8, 4) is 11.3 Å². The van der Waals surface area contributed by atoms with Crippen LogP contribution in [0.15, 0.2) is 42.7 Å². The highest BCUT2D eigenvalue weighted by Crippen LogP contribution is 2.27. The summed E-state index contributed by atoms with van der Waals surface area (Å²) in [4.78, 5) is 11.4. The van der Waals surface area contributed by atoms with Crippen molar-refractivity contribution in [1.82, 2.24) is 19.6 Å². The first-order valence-corrected chi connectivity index (χ1v) is 8.94. The molecular formula is C19H23N5O. The summed E-state index contributed by atoms with van der Waals surface area (Å²) >= 11 is 0. The topological polar surface area (TPSA) is 55.5 Å². The third kappa shape index (κ3) is 3.35. The second-order valence-corrected chi connectivity index (χ2v) is 6.45. The summed E-state index contributed by atoms with van der Waals surface area (Å²) < 4.78 is 7.49. The molecule has 0 radical (unpaired) electrons. The number of aromatic nitrogens is 4. The smallest absolute Gasteiger partial charge is 0.254 e. The Labute approximate surface area is 147 Å². The van der Waals surface area contributed by atoms with E-state index in [1.54, 1.807) is 6.33 Å². The third-order valence-electron chi connectivity index (χ3n) is 4.70. The van der Waals surface area contributed by atoms with E-state index in [0.29, 0.717) is 11.7 Å². The van der Waals surface area contributed by atoms with E-state index in [1.165, 1.54) is 6.42 Å². The van der Waals surface area contributed by atoms with Crippen molar-refractivity contribution in [3.05, 3.63) is 42.7 Å². The molecule has 0 saturated carbocycles. The van der Waals surface area contributed by atoms with Gasteiger partial charge < -0.3 is 9.64 Å². The first-order valence-electron chi connectivity index (χ1n) is 8.94. The summed E-state index contributed by atoms with van der Waals surface area (Å²) in [5, 5.41) is 4.39. The second kappa shape index (κ2) is 7.19. The zero-order valence-electron chi connectivity index (χ0n) is 14.5. The van der Waals surface area contributed by atoms with E-state index in [4.69, 9.17) is 4.74 Å². The molecule has 0 N–H and O–H groups in total. The molecule has 0 bridgehead atoms. The van der Waals surface area contributed by atoms with Crippen molar-refractivity contribution in [2.75, 3.05) is 31.2 Å². The van der Waals surface area contributed by atoms with Crippen LogP contribution >= 0.6 is 0 Å². The van der Waals surface area contributed by atoms with Crippen LogP contribution in [-0.2, 0) is 4.74 Å². The molecule has 1 aromatic carbocycles. The molecule has 6 heteroatoms. The minimum Gasteiger partial charge on any atom is -0.381 e. The molecule has 3 aromatic rings. The quantitative estimate of drug-likeness (QED) is 0.716. The Kier molecular flexibility index (Phi) is 4.61. The molecule has 1 unspecified atom stereocenters. The van der Waals surface area contributed by atoms with E-state index < -0.39 is 0 Å². The van der Waals surface area contributed by atoms with Crippen molar-refractivity contribution in [3.63, 3.8) is 0 Å². The lowest BCUT2D eigenvalue weighted by Crippen LogP contribution is -2.38. The monoisotopic (exact) mass is 337 g/mol. The molecule has 3 heterocycles. The molecule has 1 saturated heterocycles. The van der Waals surface area contributed by atoms with Crippen LogP contribution in [0.1, 0.15) is 19.8 Å². The van der Waals surface area contributed by atoms with Gasteiger partial charge in [-0.2, -0.15) is 14.6 Å². The van der Waals surface area contributed by atoms with Crippen LogP contribution in [-0.4, -0.2) is 45.9 Å². The Bertz CT molecular complexity index is 832. The first kappa shape index (κ1) is 16.0. The maximum atomic E-state index is 5.65. The number of anilines is 1. The van der Waals surface area contributed by atoms with Gasteiger partial charge in [0.25, 0.3) is 5.78 Å². The number of piperidine rings is 1. The van der Waals surface area contributed by atoms with Gasteiger partial charge in [-0.15, -0.1) is 0 Å². The highest BCUT2D eigenvalue weighted by Gasteiger charge is 2.23. The fourth-order valence-corrected chi connectivity index (χ4v) is 3.47. The number of ether oxygens (including phenoxy) is 1. The fraction of sp³-hybridized carbons (Fsp3) is 0.421. The molecule has 130 valence electrons. The summed E-state index contributed by atoms with van der Waals surface area (Å²) in [7, 11) is 0. The molecule has 25 heavy (non-hydrogen) atoms. The van der Waals surface area contributed by atoms with Crippen molar-refractivity contribution in [2.24, 2.45) is 5.92 Å². The van der Waals surface area contributed by atoms with Crippen molar-refractivity contribution >= 4 is 11.6 Å². The van der Waals surface area contributed by atoms with Gasteiger partial charge in [0.2, 0.25) is 0 Å². The zero-order chi connectivity index (χ0) is 17.1. The number of benzene rings is 1. The Morgan fingerprint density at radius 3 is 2.96 bits per heavy atom. The summed E-state index contributed by atoms with van der Waals surface area (Å²) in [6, 6.07) is 12.4. The molecule has 1 aliphatic rings. The van der Waals surface area contributed by atoms with Crippen LogP contribution in [0.4, 0.5) is 5.82 Å². The molecule has 0 spiro atoms. The Balaban J connectivity index is 1.69. The maximum Gasteiger partial charge on any atom is 0.254 e. The lowest BCUT2D eigenvalue weighted by molar-refractivity contribution is 0.104. The minimum absolute atomic E-state index is 0.556. The summed E-state index contributed by atoms with van der Waals surface area (Å²) in [6.07, 6.45) is 3.95. The highest BCUT2D eigenvalue weighted by molar-refractivity contribution is 5.65. The molecule has 2 aromatic heterocycles. The predicted octanol–water partition coefficient (Wildman–Crippen LogP) is 3.04. The molecule has 0 amide bonds. The van der Waals surface area contributed by atoms with Crippen LogP contribution in [0.25, 0.3) is 17.0 Å². The van der Waals surface area contributed by atoms with Gasteiger partial charge in [0.1, 0.15) is 12.1 Å². The fourth-order valence-electron chi connectivity index (χ4n) is 3.47. The average molecular weight is 337 g/mol. The first-order chi connectivity index (χ1) is 12.3. The predicted molar refractivity (Wildman–Crippen MR) is 97.6 cm³/mol. The largest absolute Gasteiger partial charge is 0.381 e. The molecule has 0 aliphatic carbocycles. The van der Waals surface area contributed by atoms with Crippen LogP contribution in [0.2, 0.25) is 0 Å². The van der Waals surface area contributed by atoms with Gasteiger partial charge in [-0.3, -0.25) is 0 Å². The van der Waals surface area contributed by atoms with E-state index in [0.717, 1.165) is 49.8 Å². The average Bonchev–Trinajstić information content (AvgIpc) is 3.15. The number of hydrogen-bond acceptors (Lipinski definition) is 5. The number of rotatable bonds is 5. The van der Waals surface area contributed by atoms with Crippen LogP contribution < -0.4 is 4.90 Å². The van der Waals surface area contributed by atoms with Crippen LogP contribution in [0, 0.1) is 5.92 Å². The van der Waals surface area contributed by atoms with Gasteiger partial charge in [0.15, 0.2) is 0 Å². The van der Waals surface area contributed by atoms with Gasteiger partial charge in [-0.25, -0.2) is 4.98 Å². The Hall–Kier alpha value is -2.47. The Morgan fingerprint density at radius 2 is 2.12 bits per heavy atom. The van der Waals surface area contributed by atoms with E-state index in [-0.39, 0.29) is 0 Å². The minimum atomic E-state index is 0.556. The van der Waals surface area contributed by atoms with Gasteiger partial charge in [-0.05, 0) is 25.7 Å². The molecule has 1 fully saturated rings. The summed E-state index contributed by atoms with van der Waals surface area (Å²) in [5.74, 6) is 2.26. The Morgan fingerprint density at radius 1 is 1.24 bits per heavy atom. The summed E-state index contributed by atoms with van der Waals surface area (Å²) in [5.41, 5.74) is 2.03. The molecule has 6 nitrogen and oxygen atoms in total. The number of hydrogen-bond donors (Lipinski definition) is 0. The standard InChI is InChI=1S/C19H23N5O/c1-2-25-13-15-7-6-10-23(12-15)18-11-17(16-8-4-3-5-9-16)22-19-20-14-21-24(18)19/h3-5,8-9,11,14-15H,2,6-7,10,12-13H2,1H3. The van der Waals surface area contributed by atoms with Crippen molar-refractivity contribution in [2.45, 2.75) is 19.8 Å². The maximum absolute atomic E-state index is 5.65. The van der Waals surface area contributed by atoms with Gasteiger partial charge in [0, 0.05) is 31.3 Å². The third-order valence-corrected chi connectivity index (χ3v) is 4.70. The lowest BCUT2D eigenvalue weighted by Gasteiger charge is -2.34. The zero-order valence-corrected chi connectivity index (χ0v) is 14.5. The second-order valence-electron chi connectivity index (χ2n) is 6.45. The lowest BCUT2D eigenvalue weighted by atomic mass is 9.99. The molecule has 4 rings (SSSR count). The normalized spacial score (nSPS) is 18.0. The van der Waals surface area contributed by atoms with E-state index >= 15 is 0 Å². The molecule has 1 atom stereocenters. The van der Waals surface area contributed by atoms with E-state index in [1.807, 2.05) is 22.7 Å². The van der Waals surface area contributed by atoms with Crippen molar-refractivity contribution in [1.29, 1.82) is 0 Å². The molecule has 1 aliphatic heterocycles. The number of fused-ring (bicyclic) bond motifs is 1. The van der Waals surface area contributed by atoms with Gasteiger partial charge in [-0.1, -0.05) is 30.3 Å². The van der Waals surface area contributed by atoms with E-state index in [2.05, 4.69) is 45.1 Å². The van der Waals surface area contributed by atoms with Crippen LogP contribution in [0.5, 0.6) is 0 Å². The number of nitrogens with zero attached hydrogens (tertiary/aromatic N) is 5. The molecular weight excluding hydrogens is 314 g/mol. The van der Waals surface area contributed by atoms with Crippen molar-refractivity contribution < 1.29 is 4.74 Å². The summed E-state index contributed by atoms with van der Waals surface area (Å²) in [6.45, 7) is 5.65. The van der Waals surface area contributed by atoms with Crippen LogP contribution in [0.3, 0.4) is 0 Å². The van der Waals surface area contributed by atoms with E-state index in [9.17, 15) is 0 Å².